The van der Waals surface area contributed by atoms with Crippen molar-refractivity contribution in [3.8, 4) is 11.1 Å². The van der Waals surface area contributed by atoms with E-state index in [1.165, 1.54) is 12.1 Å². The lowest BCUT2D eigenvalue weighted by Crippen LogP contribution is -2.21. The van der Waals surface area contributed by atoms with Crippen molar-refractivity contribution in [2.75, 3.05) is 6.61 Å². The van der Waals surface area contributed by atoms with E-state index >= 15 is 0 Å². The molecule has 0 aliphatic rings. The number of aryl methyl sites for hydroxylation is 1. The van der Waals surface area contributed by atoms with Crippen LogP contribution in [-0.2, 0) is 20.7 Å². The quantitative estimate of drug-likeness (QED) is 0.628. The van der Waals surface area contributed by atoms with Crippen molar-refractivity contribution in [2.45, 2.75) is 24.3 Å². The molecule has 140 valence electrons. The van der Waals surface area contributed by atoms with Crippen molar-refractivity contribution in [1.29, 1.82) is 0 Å². The number of rotatable bonds is 7. The summed E-state index contributed by atoms with van der Waals surface area (Å²) in [5.41, 5.74) is 3.96. The summed E-state index contributed by atoms with van der Waals surface area (Å²) in [6.07, 6.45) is -0.635. The second kappa shape index (κ2) is 8.48. The fourth-order valence-electron chi connectivity index (χ4n) is 2.85. The molecule has 0 aromatic heterocycles. The van der Waals surface area contributed by atoms with Crippen LogP contribution in [0, 0.1) is 6.92 Å². The summed E-state index contributed by atoms with van der Waals surface area (Å²) in [6.45, 7) is 1.59. The zero-order valence-electron chi connectivity index (χ0n) is 15.1. The molecule has 0 amide bonds. The third-order valence-electron chi connectivity index (χ3n) is 4.28. The molecular formula is C22H22O4S. The Hall–Kier alpha value is -2.47. The Morgan fingerprint density at radius 3 is 2.22 bits per heavy atom. The lowest BCUT2D eigenvalue weighted by Gasteiger charge is -2.15. The van der Waals surface area contributed by atoms with Crippen LogP contribution in [0.5, 0.6) is 0 Å². The fourth-order valence-corrected chi connectivity index (χ4v) is 3.79. The predicted octanol–water partition coefficient (Wildman–Crippen LogP) is 3.97. The maximum Gasteiger partial charge on any atom is 0.297 e. The minimum atomic E-state index is -3.89. The Balaban J connectivity index is 1.68. The van der Waals surface area contributed by atoms with Crippen LogP contribution in [0.1, 0.15) is 11.1 Å². The molecule has 1 N–H and O–H groups in total. The Morgan fingerprint density at radius 2 is 1.52 bits per heavy atom. The zero-order chi connectivity index (χ0) is 19.3. The second-order valence-corrected chi connectivity index (χ2v) is 8.05. The molecule has 4 nitrogen and oxygen atoms in total. The van der Waals surface area contributed by atoms with E-state index in [-0.39, 0.29) is 11.5 Å². The third kappa shape index (κ3) is 5.04. The van der Waals surface area contributed by atoms with Gasteiger partial charge >= 0.3 is 0 Å². The summed E-state index contributed by atoms with van der Waals surface area (Å²) in [4.78, 5) is 0.0879. The van der Waals surface area contributed by atoms with Crippen LogP contribution in [-0.4, -0.2) is 26.2 Å². The van der Waals surface area contributed by atoms with Gasteiger partial charge in [0.2, 0.25) is 0 Å². The first kappa shape index (κ1) is 19.3. The Kier molecular flexibility index (Phi) is 6.06. The van der Waals surface area contributed by atoms with Gasteiger partial charge in [-0.2, -0.15) is 8.42 Å². The van der Waals surface area contributed by atoms with Crippen LogP contribution < -0.4 is 0 Å². The second-order valence-electron chi connectivity index (χ2n) is 6.43. The fraction of sp³-hybridized carbons (Fsp3) is 0.182. The largest absolute Gasteiger partial charge is 0.390 e. The highest BCUT2D eigenvalue weighted by molar-refractivity contribution is 7.86. The molecule has 0 heterocycles. The molecule has 0 spiro atoms. The first-order chi connectivity index (χ1) is 13.0. The lowest BCUT2D eigenvalue weighted by atomic mass is 9.96. The van der Waals surface area contributed by atoms with E-state index in [1.807, 2.05) is 61.5 Å². The zero-order valence-corrected chi connectivity index (χ0v) is 15.9. The van der Waals surface area contributed by atoms with Crippen LogP contribution >= 0.6 is 0 Å². The molecule has 1 unspecified atom stereocenters. The molecule has 5 heteroatoms. The summed E-state index contributed by atoms with van der Waals surface area (Å²) in [6, 6.07) is 24.1. The molecule has 3 rings (SSSR count). The van der Waals surface area contributed by atoms with Gasteiger partial charge in [0, 0.05) is 6.42 Å². The van der Waals surface area contributed by atoms with Gasteiger partial charge in [0.1, 0.15) is 0 Å². The first-order valence-electron chi connectivity index (χ1n) is 8.73. The maximum absolute atomic E-state index is 12.3. The van der Waals surface area contributed by atoms with Crippen molar-refractivity contribution in [1.82, 2.24) is 0 Å². The Bertz CT molecular complexity index is 980. The predicted molar refractivity (Wildman–Crippen MR) is 106 cm³/mol. The number of aliphatic hydroxyl groups excluding tert-OH is 1. The van der Waals surface area contributed by atoms with E-state index in [4.69, 9.17) is 4.18 Å². The van der Waals surface area contributed by atoms with Gasteiger partial charge < -0.3 is 5.11 Å². The molecular weight excluding hydrogens is 360 g/mol. The van der Waals surface area contributed by atoms with Gasteiger partial charge in [-0.25, -0.2) is 0 Å². The lowest BCUT2D eigenvalue weighted by molar-refractivity contribution is 0.111. The number of benzene rings is 3. The normalized spacial score (nSPS) is 12.7. The third-order valence-corrected chi connectivity index (χ3v) is 5.58. The monoisotopic (exact) mass is 382 g/mol. The maximum atomic E-state index is 12.3. The van der Waals surface area contributed by atoms with Gasteiger partial charge in [-0.05, 0) is 35.7 Å². The highest BCUT2D eigenvalue weighted by Crippen LogP contribution is 2.24. The molecule has 3 aromatic rings. The summed E-state index contributed by atoms with van der Waals surface area (Å²) in [7, 11) is -3.89. The number of hydrogen-bond donors (Lipinski definition) is 1. The van der Waals surface area contributed by atoms with Crippen molar-refractivity contribution in [3.63, 3.8) is 0 Å². The molecule has 0 saturated heterocycles. The highest BCUT2D eigenvalue weighted by atomic mass is 32.2. The van der Waals surface area contributed by atoms with E-state index in [9.17, 15) is 13.5 Å². The van der Waals surface area contributed by atoms with Gasteiger partial charge in [-0.3, -0.25) is 4.18 Å². The molecule has 0 saturated carbocycles. The topological polar surface area (TPSA) is 63.6 Å². The van der Waals surface area contributed by atoms with Crippen molar-refractivity contribution in [2.24, 2.45) is 0 Å². The van der Waals surface area contributed by atoms with Crippen LogP contribution in [0.4, 0.5) is 0 Å². The number of hydrogen-bond acceptors (Lipinski definition) is 4. The van der Waals surface area contributed by atoms with E-state index < -0.39 is 16.2 Å². The van der Waals surface area contributed by atoms with Gasteiger partial charge in [-0.15, -0.1) is 0 Å². The molecule has 3 aromatic carbocycles. The van der Waals surface area contributed by atoms with Crippen molar-refractivity contribution < 1.29 is 17.7 Å². The molecule has 1 atom stereocenters. The van der Waals surface area contributed by atoms with Crippen molar-refractivity contribution >= 4 is 10.1 Å². The standard InChI is InChI=1S/C22H22O4S/c1-17-11-13-21(14-12-17)27(24,25)26-16-20(23)15-19-9-5-6-10-22(19)18-7-3-2-4-8-18/h2-14,20,23H,15-16H2,1H3. The molecule has 0 aliphatic heterocycles. The van der Waals surface area contributed by atoms with Crippen LogP contribution in [0.15, 0.2) is 83.8 Å². The minimum absolute atomic E-state index is 0.0879. The van der Waals surface area contributed by atoms with Crippen LogP contribution in [0.25, 0.3) is 11.1 Å². The van der Waals surface area contributed by atoms with E-state index in [2.05, 4.69) is 0 Å². The van der Waals surface area contributed by atoms with Gasteiger partial charge in [0.25, 0.3) is 10.1 Å². The highest BCUT2D eigenvalue weighted by Gasteiger charge is 2.18. The van der Waals surface area contributed by atoms with Crippen LogP contribution in [0.2, 0.25) is 0 Å². The van der Waals surface area contributed by atoms with Crippen LogP contribution in [0.3, 0.4) is 0 Å². The molecule has 0 fully saturated rings. The average molecular weight is 382 g/mol. The smallest absolute Gasteiger partial charge is 0.297 e. The van der Waals surface area contributed by atoms with E-state index in [0.717, 1.165) is 22.3 Å². The molecule has 0 radical (unpaired) electrons. The SMILES string of the molecule is Cc1ccc(S(=O)(=O)OCC(O)Cc2ccccc2-c2ccccc2)cc1. The molecule has 0 aliphatic carbocycles. The summed E-state index contributed by atoms with van der Waals surface area (Å²) >= 11 is 0. The van der Waals surface area contributed by atoms with Crippen molar-refractivity contribution in [3.05, 3.63) is 90.0 Å². The van der Waals surface area contributed by atoms with Gasteiger partial charge in [-0.1, -0.05) is 72.3 Å². The van der Waals surface area contributed by atoms with Gasteiger partial charge in [0.15, 0.2) is 0 Å². The first-order valence-corrected chi connectivity index (χ1v) is 10.1. The summed E-state index contributed by atoms with van der Waals surface area (Å²) in [5.74, 6) is 0. The van der Waals surface area contributed by atoms with E-state index in [1.54, 1.807) is 12.1 Å². The Labute approximate surface area is 160 Å². The Morgan fingerprint density at radius 1 is 0.889 bits per heavy atom. The average Bonchev–Trinajstić information content (AvgIpc) is 2.68. The molecule has 27 heavy (non-hydrogen) atoms. The number of aliphatic hydroxyl groups is 1. The minimum Gasteiger partial charge on any atom is -0.390 e. The molecule has 0 bridgehead atoms. The van der Waals surface area contributed by atoms with E-state index in [0.29, 0.717) is 6.42 Å². The summed E-state index contributed by atoms with van der Waals surface area (Å²) < 4.78 is 29.6. The van der Waals surface area contributed by atoms with Gasteiger partial charge in [0.05, 0.1) is 17.6 Å². The summed E-state index contributed by atoms with van der Waals surface area (Å²) in [5, 5.41) is 10.3.